The summed E-state index contributed by atoms with van der Waals surface area (Å²) in [5, 5.41) is 1.62. The van der Waals surface area contributed by atoms with Gasteiger partial charge in [0.2, 0.25) is 5.91 Å². The highest BCUT2D eigenvalue weighted by Crippen LogP contribution is 2.26. The normalized spacial score (nSPS) is 17.4. The van der Waals surface area contributed by atoms with E-state index >= 15 is 0 Å². The summed E-state index contributed by atoms with van der Waals surface area (Å²) in [6.45, 7) is 5.57. The van der Waals surface area contributed by atoms with Gasteiger partial charge in [-0.25, -0.2) is 8.42 Å². The number of hydrogen-bond donors (Lipinski definition) is 1. The molecule has 2 rings (SSSR count). The third-order valence-corrected chi connectivity index (χ3v) is 6.70. The maximum atomic E-state index is 12.4. The topological polar surface area (TPSA) is 83.7 Å². The van der Waals surface area contributed by atoms with E-state index in [2.05, 4.69) is 0 Å². The molecule has 1 amide bonds. The Hall–Kier alpha value is -1.12. The Morgan fingerprint density at radius 1 is 1.33 bits per heavy atom. The average molecular weight is 331 g/mol. The number of carbonyl (C=O) groups is 1. The molecule has 8 heteroatoms. The minimum Gasteiger partial charge on any atom is -0.398 e. The van der Waals surface area contributed by atoms with Gasteiger partial charge in [-0.1, -0.05) is 13.8 Å². The molecule has 1 aromatic heterocycles. The Balaban J connectivity index is 1.99. The molecule has 0 radical (unpaired) electrons. The highest BCUT2D eigenvalue weighted by Gasteiger charge is 2.31. The van der Waals surface area contributed by atoms with Crippen molar-refractivity contribution >= 4 is 33.0 Å². The summed E-state index contributed by atoms with van der Waals surface area (Å²) >= 11 is 1.13. The summed E-state index contributed by atoms with van der Waals surface area (Å²) in [5.41, 5.74) is 6.05. The van der Waals surface area contributed by atoms with E-state index in [1.54, 1.807) is 10.3 Å². The van der Waals surface area contributed by atoms with Gasteiger partial charge < -0.3 is 10.6 Å². The number of amides is 1. The number of anilines is 1. The van der Waals surface area contributed by atoms with Crippen LogP contribution >= 0.6 is 11.3 Å². The molecule has 21 heavy (non-hydrogen) atoms. The van der Waals surface area contributed by atoms with Crippen LogP contribution < -0.4 is 5.73 Å². The van der Waals surface area contributed by atoms with Crippen molar-refractivity contribution < 1.29 is 13.2 Å². The molecule has 6 nitrogen and oxygen atoms in total. The molecule has 0 aliphatic carbocycles. The standard InChI is InChI=1S/C13H21N3O3S2/c1-10(2)7-12(17)15-3-5-16(6-4-15)21(18,19)13-8-11(14)9-20-13/h8-10H,3-7,14H2,1-2H3. The molecule has 2 heterocycles. The predicted octanol–water partition coefficient (Wildman–Crippen LogP) is 1.21. The van der Waals surface area contributed by atoms with Crippen LogP contribution in [0.4, 0.5) is 5.69 Å². The molecule has 2 N–H and O–H groups in total. The molecule has 1 aliphatic rings. The molecule has 0 spiro atoms. The maximum Gasteiger partial charge on any atom is 0.252 e. The van der Waals surface area contributed by atoms with E-state index in [4.69, 9.17) is 5.73 Å². The summed E-state index contributed by atoms with van der Waals surface area (Å²) in [6.07, 6.45) is 0.508. The van der Waals surface area contributed by atoms with Crippen LogP contribution in [0.1, 0.15) is 20.3 Å². The first kappa shape index (κ1) is 16.3. The summed E-state index contributed by atoms with van der Waals surface area (Å²) in [5.74, 6) is 0.413. The number of sulfonamides is 1. The first-order chi connectivity index (χ1) is 9.80. The molecule has 1 fully saturated rings. The SMILES string of the molecule is CC(C)CC(=O)N1CCN(S(=O)(=O)c2cc(N)cs2)CC1. The summed E-state index contributed by atoms with van der Waals surface area (Å²) in [6, 6.07) is 1.48. The van der Waals surface area contributed by atoms with E-state index in [0.717, 1.165) is 11.3 Å². The second-order valence-electron chi connectivity index (χ2n) is 5.58. The second kappa shape index (κ2) is 6.33. The molecule has 0 unspecified atom stereocenters. The first-order valence-corrected chi connectivity index (χ1v) is 9.24. The van der Waals surface area contributed by atoms with Crippen LogP contribution in [-0.4, -0.2) is 49.7 Å². The van der Waals surface area contributed by atoms with Crippen molar-refractivity contribution in [1.29, 1.82) is 0 Å². The minimum absolute atomic E-state index is 0.0995. The van der Waals surface area contributed by atoms with Crippen molar-refractivity contribution in [1.82, 2.24) is 9.21 Å². The van der Waals surface area contributed by atoms with Crippen molar-refractivity contribution in [2.75, 3.05) is 31.9 Å². The number of nitrogen functional groups attached to an aromatic ring is 1. The molecule has 118 valence electrons. The number of nitrogens with two attached hydrogens (primary N) is 1. The second-order valence-corrected chi connectivity index (χ2v) is 8.66. The van der Waals surface area contributed by atoms with Crippen LogP contribution in [0.15, 0.2) is 15.7 Å². The van der Waals surface area contributed by atoms with Gasteiger partial charge in [-0.3, -0.25) is 4.79 Å². The number of hydrogen-bond acceptors (Lipinski definition) is 5. The van der Waals surface area contributed by atoms with Crippen molar-refractivity contribution in [2.45, 2.75) is 24.5 Å². The van der Waals surface area contributed by atoms with E-state index in [-0.39, 0.29) is 10.1 Å². The van der Waals surface area contributed by atoms with Crippen molar-refractivity contribution in [3.05, 3.63) is 11.4 Å². The van der Waals surface area contributed by atoms with Crippen LogP contribution in [0.3, 0.4) is 0 Å². The van der Waals surface area contributed by atoms with E-state index in [9.17, 15) is 13.2 Å². The molecule has 1 aromatic rings. The third kappa shape index (κ3) is 3.75. The number of piperazine rings is 1. The first-order valence-electron chi connectivity index (χ1n) is 6.92. The molecular weight excluding hydrogens is 310 g/mol. The Morgan fingerprint density at radius 3 is 2.43 bits per heavy atom. The molecule has 1 aliphatic heterocycles. The van der Waals surface area contributed by atoms with Gasteiger partial charge in [-0.15, -0.1) is 11.3 Å². The lowest BCUT2D eigenvalue weighted by Gasteiger charge is -2.34. The maximum absolute atomic E-state index is 12.4. The monoisotopic (exact) mass is 331 g/mol. The lowest BCUT2D eigenvalue weighted by Crippen LogP contribution is -2.50. The Labute approximate surface area is 129 Å². The fourth-order valence-electron chi connectivity index (χ4n) is 2.25. The lowest BCUT2D eigenvalue weighted by molar-refractivity contribution is -0.133. The zero-order valence-corrected chi connectivity index (χ0v) is 13.9. The molecule has 0 atom stereocenters. The van der Waals surface area contributed by atoms with Crippen LogP contribution in [0.25, 0.3) is 0 Å². The number of rotatable bonds is 4. The number of thiophene rings is 1. The number of carbonyl (C=O) groups excluding carboxylic acids is 1. The fourth-order valence-corrected chi connectivity index (χ4v) is 4.90. The molecule has 1 saturated heterocycles. The zero-order valence-electron chi connectivity index (χ0n) is 12.3. The summed E-state index contributed by atoms with van der Waals surface area (Å²) in [7, 11) is -3.48. The van der Waals surface area contributed by atoms with Gasteiger partial charge in [0.15, 0.2) is 0 Å². The van der Waals surface area contributed by atoms with Crippen LogP contribution in [0.2, 0.25) is 0 Å². The van der Waals surface area contributed by atoms with Gasteiger partial charge in [-0.05, 0) is 12.0 Å². The largest absolute Gasteiger partial charge is 0.398 e. The Morgan fingerprint density at radius 2 is 1.95 bits per heavy atom. The van der Waals surface area contributed by atoms with Crippen molar-refractivity contribution in [3.63, 3.8) is 0 Å². The van der Waals surface area contributed by atoms with E-state index in [1.165, 1.54) is 10.4 Å². The van der Waals surface area contributed by atoms with Gasteiger partial charge >= 0.3 is 0 Å². The number of nitrogens with zero attached hydrogens (tertiary/aromatic N) is 2. The molecule has 0 bridgehead atoms. The van der Waals surface area contributed by atoms with Crippen LogP contribution in [0.5, 0.6) is 0 Å². The average Bonchev–Trinajstić information content (AvgIpc) is 2.85. The fraction of sp³-hybridized carbons (Fsp3) is 0.615. The molecular formula is C13H21N3O3S2. The van der Waals surface area contributed by atoms with Crippen LogP contribution in [-0.2, 0) is 14.8 Å². The van der Waals surface area contributed by atoms with E-state index in [0.29, 0.717) is 44.2 Å². The quantitative estimate of drug-likeness (QED) is 0.899. The third-order valence-electron chi connectivity index (χ3n) is 3.36. The van der Waals surface area contributed by atoms with Gasteiger partial charge in [0, 0.05) is 43.7 Å². The van der Waals surface area contributed by atoms with Crippen LogP contribution in [0, 0.1) is 5.92 Å². The predicted molar refractivity (Wildman–Crippen MR) is 83.5 cm³/mol. The van der Waals surface area contributed by atoms with Gasteiger partial charge in [0.1, 0.15) is 4.21 Å². The minimum atomic E-state index is -3.48. The Kier molecular flexibility index (Phi) is 4.90. The van der Waals surface area contributed by atoms with E-state index < -0.39 is 10.0 Å². The Bertz CT molecular complexity index is 602. The van der Waals surface area contributed by atoms with Gasteiger partial charge in [-0.2, -0.15) is 4.31 Å². The van der Waals surface area contributed by atoms with E-state index in [1.807, 2.05) is 13.8 Å². The highest BCUT2D eigenvalue weighted by molar-refractivity contribution is 7.91. The van der Waals surface area contributed by atoms with Crippen molar-refractivity contribution in [3.8, 4) is 0 Å². The summed E-state index contributed by atoms with van der Waals surface area (Å²) in [4.78, 5) is 13.7. The highest BCUT2D eigenvalue weighted by atomic mass is 32.2. The smallest absolute Gasteiger partial charge is 0.252 e. The molecule has 0 aromatic carbocycles. The molecule has 0 saturated carbocycles. The zero-order chi connectivity index (χ0) is 15.6. The van der Waals surface area contributed by atoms with Gasteiger partial charge in [0.05, 0.1) is 0 Å². The lowest BCUT2D eigenvalue weighted by atomic mass is 10.1. The van der Waals surface area contributed by atoms with Gasteiger partial charge in [0.25, 0.3) is 10.0 Å². The summed E-state index contributed by atoms with van der Waals surface area (Å²) < 4.78 is 26.6. The van der Waals surface area contributed by atoms with Crippen molar-refractivity contribution in [2.24, 2.45) is 5.92 Å².